The third kappa shape index (κ3) is 4.52. The summed E-state index contributed by atoms with van der Waals surface area (Å²) in [5, 5.41) is 0. The van der Waals surface area contributed by atoms with Crippen molar-refractivity contribution in [2.45, 2.75) is 79.4 Å². The third-order valence-corrected chi connectivity index (χ3v) is 5.78. The molecule has 1 unspecified atom stereocenters. The average molecular weight is 386 g/mol. The zero-order valence-corrected chi connectivity index (χ0v) is 18.1. The molecule has 0 fully saturated rings. The summed E-state index contributed by atoms with van der Waals surface area (Å²) in [6.07, 6.45) is 4.77. The number of rotatable bonds is 10. The maximum Gasteiger partial charge on any atom is 0.231 e. The SMILES string of the molecule is CCCCN(Cc1c(C)nc(C)n1CCCC)C(C)c1ccc2c(c1)OCO2. The van der Waals surface area contributed by atoms with Crippen molar-refractivity contribution in [1.29, 1.82) is 0 Å². The Bertz CT molecular complexity index is 784. The molecule has 1 aromatic heterocycles. The first-order valence-electron chi connectivity index (χ1n) is 10.7. The molecular weight excluding hydrogens is 350 g/mol. The van der Waals surface area contributed by atoms with Gasteiger partial charge in [-0.15, -0.1) is 0 Å². The van der Waals surface area contributed by atoms with E-state index in [1.54, 1.807) is 0 Å². The van der Waals surface area contributed by atoms with Crippen LogP contribution in [0, 0.1) is 13.8 Å². The fourth-order valence-electron chi connectivity index (χ4n) is 3.92. The van der Waals surface area contributed by atoms with Crippen molar-refractivity contribution >= 4 is 0 Å². The van der Waals surface area contributed by atoms with Gasteiger partial charge < -0.3 is 14.0 Å². The lowest BCUT2D eigenvalue weighted by atomic mass is 10.0. The molecule has 1 atom stereocenters. The van der Waals surface area contributed by atoms with Crippen molar-refractivity contribution in [3.05, 3.63) is 41.0 Å². The van der Waals surface area contributed by atoms with Gasteiger partial charge in [0.1, 0.15) is 5.82 Å². The van der Waals surface area contributed by atoms with E-state index in [0.29, 0.717) is 12.8 Å². The average Bonchev–Trinajstić information content (AvgIpc) is 3.26. The van der Waals surface area contributed by atoms with Gasteiger partial charge in [0.15, 0.2) is 11.5 Å². The Morgan fingerprint density at radius 2 is 1.86 bits per heavy atom. The molecule has 28 heavy (non-hydrogen) atoms. The van der Waals surface area contributed by atoms with E-state index in [9.17, 15) is 0 Å². The Morgan fingerprint density at radius 1 is 1.11 bits per heavy atom. The molecule has 3 rings (SSSR count). The molecule has 5 nitrogen and oxygen atoms in total. The van der Waals surface area contributed by atoms with Gasteiger partial charge in [-0.05, 0) is 57.9 Å². The topological polar surface area (TPSA) is 39.5 Å². The van der Waals surface area contributed by atoms with Crippen LogP contribution < -0.4 is 9.47 Å². The van der Waals surface area contributed by atoms with Gasteiger partial charge in [0, 0.05) is 19.1 Å². The number of aromatic nitrogens is 2. The number of imidazole rings is 1. The van der Waals surface area contributed by atoms with Gasteiger partial charge in [0.05, 0.1) is 11.4 Å². The van der Waals surface area contributed by atoms with Crippen LogP contribution >= 0.6 is 0 Å². The van der Waals surface area contributed by atoms with Gasteiger partial charge in [-0.25, -0.2) is 4.98 Å². The largest absolute Gasteiger partial charge is 0.454 e. The predicted octanol–water partition coefficient (Wildman–Crippen LogP) is 5.39. The van der Waals surface area contributed by atoms with Crippen LogP contribution in [-0.4, -0.2) is 27.8 Å². The highest BCUT2D eigenvalue weighted by molar-refractivity contribution is 5.45. The standard InChI is InChI=1S/C23H35N3O2/c1-6-8-12-25(15-21-17(3)24-19(5)26(21)13-9-7-2)18(4)20-10-11-22-23(14-20)28-16-27-22/h10-11,14,18H,6-9,12-13,15-16H2,1-5H3. The van der Waals surface area contributed by atoms with E-state index in [-0.39, 0.29) is 0 Å². The Hall–Kier alpha value is -2.01. The van der Waals surface area contributed by atoms with Crippen molar-refractivity contribution in [2.75, 3.05) is 13.3 Å². The zero-order chi connectivity index (χ0) is 20.1. The molecule has 0 amide bonds. The molecule has 2 aromatic rings. The molecule has 0 saturated carbocycles. The van der Waals surface area contributed by atoms with Crippen molar-refractivity contribution in [3.63, 3.8) is 0 Å². The second-order valence-corrected chi connectivity index (χ2v) is 7.81. The molecule has 0 saturated heterocycles. The Labute approximate surface area is 169 Å². The van der Waals surface area contributed by atoms with Gasteiger partial charge in [-0.2, -0.15) is 0 Å². The first kappa shape index (κ1) is 20.7. The second kappa shape index (κ2) is 9.46. The molecule has 2 heterocycles. The van der Waals surface area contributed by atoms with Crippen molar-refractivity contribution in [1.82, 2.24) is 14.5 Å². The van der Waals surface area contributed by atoms with E-state index >= 15 is 0 Å². The highest BCUT2D eigenvalue weighted by Crippen LogP contribution is 2.36. The van der Waals surface area contributed by atoms with E-state index < -0.39 is 0 Å². The molecule has 5 heteroatoms. The maximum absolute atomic E-state index is 5.60. The smallest absolute Gasteiger partial charge is 0.231 e. The second-order valence-electron chi connectivity index (χ2n) is 7.81. The number of aryl methyl sites for hydroxylation is 2. The van der Waals surface area contributed by atoms with Crippen LogP contribution in [-0.2, 0) is 13.1 Å². The number of nitrogens with zero attached hydrogens (tertiary/aromatic N) is 3. The summed E-state index contributed by atoms with van der Waals surface area (Å²) in [6, 6.07) is 6.64. The first-order valence-corrected chi connectivity index (χ1v) is 10.7. The molecule has 0 aliphatic carbocycles. The fraction of sp³-hybridized carbons (Fsp3) is 0.609. The van der Waals surface area contributed by atoms with E-state index in [4.69, 9.17) is 14.5 Å². The Morgan fingerprint density at radius 3 is 2.61 bits per heavy atom. The number of fused-ring (bicyclic) bond motifs is 1. The van der Waals surface area contributed by atoms with Crippen LogP contribution in [0.15, 0.2) is 18.2 Å². The normalized spacial score (nSPS) is 14.1. The summed E-state index contributed by atoms with van der Waals surface area (Å²) >= 11 is 0. The minimum absolute atomic E-state index is 0.301. The zero-order valence-electron chi connectivity index (χ0n) is 18.1. The molecule has 154 valence electrons. The van der Waals surface area contributed by atoms with Crippen molar-refractivity contribution in [3.8, 4) is 11.5 Å². The van der Waals surface area contributed by atoms with E-state index in [2.05, 4.69) is 56.2 Å². The highest BCUT2D eigenvalue weighted by atomic mass is 16.7. The van der Waals surface area contributed by atoms with E-state index in [0.717, 1.165) is 42.7 Å². The number of unbranched alkanes of at least 4 members (excludes halogenated alkanes) is 2. The molecule has 0 N–H and O–H groups in total. The quantitative estimate of drug-likeness (QED) is 0.549. The van der Waals surface area contributed by atoms with Crippen molar-refractivity contribution in [2.24, 2.45) is 0 Å². The summed E-state index contributed by atoms with van der Waals surface area (Å²) in [5.74, 6) is 2.84. The molecule has 0 spiro atoms. The van der Waals surface area contributed by atoms with Gasteiger partial charge in [-0.1, -0.05) is 32.8 Å². The van der Waals surface area contributed by atoms with Crippen LogP contribution in [0.4, 0.5) is 0 Å². The Kier molecular flexibility index (Phi) is 7.00. The molecule has 0 bridgehead atoms. The van der Waals surface area contributed by atoms with Gasteiger partial charge in [0.2, 0.25) is 6.79 Å². The molecule has 1 aliphatic heterocycles. The van der Waals surface area contributed by atoms with E-state index in [1.807, 2.05) is 6.07 Å². The van der Waals surface area contributed by atoms with Gasteiger partial charge in [-0.3, -0.25) is 4.90 Å². The third-order valence-electron chi connectivity index (χ3n) is 5.78. The van der Waals surface area contributed by atoms with Crippen molar-refractivity contribution < 1.29 is 9.47 Å². The predicted molar refractivity (Wildman–Crippen MR) is 113 cm³/mol. The number of hydrogen-bond acceptors (Lipinski definition) is 4. The Balaban J connectivity index is 1.84. The van der Waals surface area contributed by atoms with Crippen LogP contribution in [0.1, 0.15) is 75.3 Å². The maximum atomic E-state index is 5.60. The monoisotopic (exact) mass is 385 g/mol. The highest BCUT2D eigenvalue weighted by Gasteiger charge is 2.22. The molecular formula is C23H35N3O2. The summed E-state index contributed by atoms with van der Waals surface area (Å²) in [6.45, 7) is 14.4. The lowest BCUT2D eigenvalue weighted by molar-refractivity contribution is 0.173. The van der Waals surface area contributed by atoms with Crippen LogP contribution in [0.3, 0.4) is 0 Å². The summed E-state index contributed by atoms with van der Waals surface area (Å²) < 4.78 is 13.5. The van der Waals surface area contributed by atoms with Gasteiger partial charge in [0.25, 0.3) is 0 Å². The molecule has 0 radical (unpaired) electrons. The molecule has 1 aromatic carbocycles. The number of hydrogen-bond donors (Lipinski definition) is 0. The van der Waals surface area contributed by atoms with E-state index in [1.165, 1.54) is 36.9 Å². The molecule has 1 aliphatic rings. The minimum atomic E-state index is 0.301. The van der Waals surface area contributed by atoms with Crippen LogP contribution in [0.25, 0.3) is 0 Å². The number of benzene rings is 1. The van der Waals surface area contributed by atoms with Crippen LogP contribution in [0.2, 0.25) is 0 Å². The lowest BCUT2D eigenvalue weighted by Gasteiger charge is -2.30. The summed E-state index contributed by atoms with van der Waals surface area (Å²) in [4.78, 5) is 7.35. The van der Waals surface area contributed by atoms with Gasteiger partial charge >= 0.3 is 0 Å². The lowest BCUT2D eigenvalue weighted by Crippen LogP contribution is -2.29. The van der Waals surface area contributed by atoms with Crippen LogP contribution in [0.5, 0.6) is 11.5 Å². The minimum Gasteiger partial charge on any atom is -0.454 e. The number of ether oxygens (including phenoxy) is 2. The summed E-state index contributed by atoms with van der Waals surface area (Å²) in [7, 11) is 0. The summed E-state index contributed by atoms with van der Waals surface area (Å²) in [5.41, 5.74) is 3.79. The fourth-order valence-corrected chi connectivity index (χ4v) is 3.92. The first-order chi connectivity index (χ1) is 13.5.